The maximum absolute atomic E-state index is 14.1. The average Bonchev–Trinajstić information content (AvgIpc) is 3.73. The van der Waals surface area contributed by atoms with E-state index in [0.29, 0.717) is 43.6 Å². The fraction of sp³-hybridized carbons (Fsp3) is 0.667. The average molecular weight is 596 g/mol. The van der Waals surface area contributed by atoms with Crippen LogP contribution in [0.2, 0.25) is 0 Å². The van der Waals surface area contributed by atoms with Crippen molar-refractivity contribution < 1.29 is 23.5 Å². The first-order chi connectivity index (χ1) is 20.8. The smallest absolute Gasteiger partial charge is 0.357 e. The van der Waals surface area contributed by atoms with Gasteiger partial charge in [-0.25, -0.2) is 9.18 Å². The molecule has 0 unspecified atom stereocenters. The van der Waals surface area contributed by atoms with E-state index in [1.54, 1.807) is 0 Å². The molecular weight excluding hydrogens is 549 g/mol. The van der Waals surface area contributed by atoms with E-state index in [0.717, 1.165) is 56.1 Å². The third-order valence-corrected chi connectivity index (χ3v) is 10.8. The van der Waals surface area contributed by atoms with Gasteiger partial charge in [0.25, 0.3) is 0 Å². The highest BCUT2D eigenvalue weighted by Gasteiger charge is 2.47. The topological polar surface area (TPSA) is 110 Å². The molecule has 3 fully saturated rings. The number of anilines is 1. The molecule has 10 heteroatoms. The van der Waals surface area contributed by atoms with Crippen molar-refractivity contribution in [1.29, 1.82) is 0 Å². The summed E-state index contributed by atoms with van der Waals surface area (Å²) < 4.78 is 20.9. The molecule has 3 atom stereocenters. The number of piperidine rings is 1. The number of fused-ring (bicyclic) bond motifs is 3. The van der Waals surface area contributed by atoms with Gasteiger partial charge in [0.1, 0.15) is 18.4 Å². The molecule has 4 aliphatic rings. The number of amides is 2. The van der Waals surface area contributed by atoms with Gasteiger partial charge in [0.2, 0.25) is 11.8 Å². The second-order valence-electron chi connectivity index (χ2n) is 13.0. The molecule has 1 aliphatic carbocycles. The van der Waals surface area contributed by atoms with Crippen LogP contribution < -0.4 is 11.1 Å². The summed E-state index contributed by atoms with van der Waals surface area (Å²) in [4.78, 5) is 45.0. The summed E-state index contributed by atoms with van der Waals surface area (Å²) in [6.07, 6.45) is 8.37. The van der Waals surface area contributed by atoms with Crippen LogP contribution in [-0.4, -0.2) is 76.6 Å². The molecule has 2 aromatic rings. The van der Waals surface area contributed by atoms with Gasteiger partial charge in [-0.1, -0.05) is 20.3 Å². The summed E-state index contributed by atoms with van der Waals surface area (Å²) in [5.41, 5.74) is 7.34. The van der Waals surface area contributed by atoms with Gasteiger partial charge in [-0.15, -0.1) is 0 Å². The number of benzene rings is 1. The van der Waals surface area contributed by atoms with Crippen molar-refractivity contribution in [1.82, 2.24) is 14.4 Å². The molecule has 4 heterocycles. The largest absolute Gasteiger partial charge is 0.434 e. The number of hydrogen-bond donors (Lipinski definition) is 2. The first-order valence-electron chi connectivity index (χ1n) is 16.4. The Labute approximate surface area is 253 Å². The Balaban J connectivity index is 1.23. The molecule has 3 aliphatic heterocycles. The van der Waals surface area contributed by atoms with Gasteiger partial charge in [-0.05, 0) is 88.2 Å². The lowest BCUT2D eigenvalue weighted by atomic mass is 9.78. The summed E-state index contributed by atoms with van der Waals surface area (Å²) in [6.45, 7) is 5.95. The lowest BCUT2D eigenvalue weighted by molar-refractivity contribution is -0.142. The zero-order valence-corrected chi connectivity index (χ0v) is 25.5. The highest BCUT2D eigenvalue weighted by atomic mass is 19.1. The van der Waals surface area contributed by atoms with E-state index in [1.807, 2.05) is 47.6 Å². The van der Waals surface area contributed by atoms with E-state index < -0.39 is 24.5 Å². The summed E-state index contributed by atoms with van der Waals surface area (Å²) in [5.74, 6) is -0.497. The molecular formula is C33H46FN5O4. The quantitative estimate of drug-likeness (QED) is 0.425. The number of rotatable bonds is 8. The summed E-state index contributed by atoms with van der Waals surface area (Å²) in [7, 11) is 0. The monoisotopic (exact) mass is 595 g/mol. The highest BCUT2D eigenvalue weighted by molar-refractivity contribution is 6.02. The van der Waals surface area contributed by atoms with Crippen LogP contribution >= 0.6 is 0 Å². The minimum Gasteiger partial charge on any atom is -0.434 e. The Kier molecular flexibility index (Phi) is 8.52. The molecule has 1 aromatic heterocycles. The molecule has 1 saturated carbocycles. The third kappa shape index (κ3) is 5.35. The van der Waals surface area contributed by atoms with Crippen molar-refractivity contribution in [2.24, 2.45) is 17.6 Å². The zero-order valence-electron chi connectivity index (χ0n) is 25.5. The van der Waals surface area contributed by atoms with E-state index >= 15 is 0 Å². The van der Waals surface area contributed by atoms with Gasteiger partial charge in [0.15, 0.2) is 5.72 Å². The number of alkyl halides is 1. The molecule has 9 nitrogen and oxygen atoms in total. The Morgan fingerprint density at radius 2 is 1.77 bits per heavy atom. The second-order valence-corrected chi connectivity index (χ2v) is 13.0. The van der Waals surface area contributed by atoms with E-state index in [9.17, 15) is 18.8 Å². The summed E-state index contributed by atoms with van der Waals surface area (Å²) in [6, 6.07) is 6.51. The molecule has 234 valence electrons. The van der Waals surface area contributed by atoms with E-state index in [1.165, 1.54) is 6.42 Å². The van der Waals surface area contributed by atoms with Gasteiger partial charge in [-0.3, -0.25) is 19.1 Å². The second kappa shape index (κ2) is 12.2. The number of carbonyl (C=O) groups excluding carboxylic acids is 3. The van der Waals surface area contributed by atoms with Crippen LogP contribution in [0.25, 0.3) is 10.9 Å². The van der Waals surface area contributed by atoms with Crippen LogP contribution in [0.15, 0.2) is 24.3 Å². The number of ether oxygens (including phenoxy) is 1. The van der Waals surface area contributed by atoms with Crippen molar-refractivity contribution in [2.75, 3.05) is 31.6 Å². The van der Waals surface area contributed by atoms with Crippen LogP contribution in [0.1, 0.15) is 88.5 Å². The molecule has 43 heavy (non-hydrogen) atoms. The number of carbonyl (C=O) groups is 3. The lowest BCUT2D eigenvalue weighted by Gasteiger charge is -2.38. The normalized spacial score (nSPS) is 28.1. The predicted octanol–water partition coefficient (Wildman–Crippen LogP) is 4.78. The number of hydrogen-bond acceptors (Lipinski definition) is 6. The minimum atomic E-state index is -0.693. The SMILES string of the molecule is CCC1(CC)OC(=O)c2cc3cc(NC(=O)[C@@H]4[C@H](N5CCCCC5)CCN4C(=O)C4CCC([C@H](N)CF)CC4)ccc3n21. The molecule has 0 bridgehead atoms. The number of cyclic esters (lactones) is 1. The van der Waals surface area contributed by atoms with E-state index in [4.69, 9.17) is 10.5 Å². The molecule has 6 rings (SSSR count). The van der Waals surface area contributed by atoms with Gasteiger partial charge >= 0.3 is 5.97 Å². The molecule has 1 aromatic carbocycles. The maximum Gasteiger partial charge on any atom is 0.357 e. The standard InChI is InChI=1S/C33H46FN5O4/c1-3-33(4-2)39-26-13-12-24(18-23(26)19-28(39)32(42)43-33)36-30(40)29-27(37-15-6-5-7-16-37)14-17-38(29)31(41)22-10-8-21(9-11-22)25(35)20-34/h12-13,18-19,21-22,25,27,29H,3-11,14-17,20,35H2,1-2H3,(H,36,40)/t21?,22?,25-,27-,29+/m1/s1. The van der Waals surface area contributed by atoms with Crippen molar-refractivity contribution >= 4 is 34.4 Å². The van der Waals surface area contributed by atoms with Crippen LogP contribution in [0.4, 0.5) is 10.1 Å². The van der Waals surface area contributed by atoms with Crippen molar-refractivity contribution in [3.8, 4) is 0 Å². The minimum absolute atomic E-state index is 0.0212. The van der Waals surface area contributed by atoms with Gasteiger partial charge in [-0.2, -0.15) is 0 Å². The van der Waals surface area contributed by atoms with Crippen molar-refractivity contribution in [3.63, 3.8) is 0 Å². The Morgan fingerprint density at radius 1 is 1.05 bits per heavy atom. The predicted molar refractivity (Wildman–Crippen MR) is 163 cm³/mol. The van der Waals surface area contributed by atoms with E-state index in [-0.39, 0.29) is 35.7 Å². The first-order valence-corrected chi connectivity index (χ1v) is 16.4. The number of aromatic nitrogens is 1. The molecule has 0 radical (unpaired) electrons. The number of nitrogens with zero attached hydrogens (tertiary/aromatic N) is 3. The van der Waals surface area contributed by atoms with Crippen LogP contribution in [0.5, 0.6) is 0 Å². The highest BCUT2D eigenvalue weighted by Crippen LogP contribution is 2.41. The Hall–Kier alpha value is -2.98. The lowest BCUT2D eigenvalue weighted by Crippen LogP contribution is -2.55. The number of halogens is 1. The number of esters is 1. The van der Waals surface area contributed by atoms with Crippen LogP contribution in [0.3, 0.4) is 0 Å². The number of nitrogens with two attached hydrogens (primary N) is 1. The van der Waals surface area contributed by atoms with Crippen LogP contribution in [-0.2, 0) is 20.1 Å². The number of likely N-dealkylation sites (tertiary alicyclic amines) is 2. The van der Waals surface area contributed by atoms with Gasteiger partial charge in [0.05, 0.1) is 5.52 Å². The van der Waals surface area contributed by atoms with E-state index in [2.05, 4.69) is 10.2 Å². The fourth-order valence-corrected chi connectivity index (χ4v) is 8.21. The third-order valence-electron chi connectivity index (χ3n) is 10.8. The number of nitrogens with one attached hydrogen (secondary N) is 1. The molecule has 2 amide bonds. The van der Waals surface area contributed by atoms with Gasteiger partial charge < -0.3 is 20.7 Å². The van der Waals surface area contributed by atoms with Crippen LogP contribution in [0, 0.1) is 11.8 Å². The maximum atomic E-state index is 14.1. The Bertz CT molecular complexity index is 1360. The van der Waals surface area contributed by atoms with Crippen molar-refractivity contribution in [3.05, 3.63) is 30.0 Å². The van der Waals surface area contributed by atoms with Crippen molar-refractivity contribution in [2.45, 2.75) is 102 Å². The fourth-order valence-electron chi connectivity index (χ4n) is 8.21. The molecule has 0 spiro atoms. The molecule has 3 N–H and O–H groups in total. The summed E-state index contributed by atoms with van der Waals surface area (Å²) >= 11 is 0. The van der Waals surface area contributed by atoms with Gasteiger partial charge in [0, 0.05) is 48.5 Å². The first kappa shape index (κ1) is 30.1. The Morgan fingerprint density at radius 3 is 2.44 bits per heavy atom. The summed E-state index contributed by atoms with van der Waals surface area (Å²) in [5, 5.41) is 4.01. The zero-order chi connectivity index (χ0) is 30.3. The molecule has 2 saturated heterocycles.